The summed E-state index contributed by atoms with van der Waals surface area (Å²) in [5.74, 6) is -0.812. The lowest BCUT2D eigenvalue weighted by Gasteiger charge is -2.49. The molecule has 0 amide bonds. The largest absolute Gasteiger partial charge is 0.493 e. The highest BCUT2D eigenvalue weighted by Gasteiger charge is 2.64. The third kappa shape index (κ3) is 3.43. The number of methoxy groups -OCH3 is 1. The van der Waals surface area contributed by atoms with E-state index in [2.05, 4.69) is 10.4 Å². The summed E-state index contributed by atoms with van der Waals surface area (Å²) in [6, 6.07) is 4.18. The van der Waals surface area contributed by atoms with Gasteiger partial charge in [0.25, 0.3) is 5.56 Å². The van der Waals surface area contributed by atoms with Gasteiger partial charge in [0.2, 0.25) is 0 Å². The van der Waals surface area contributed by atoms with Crippen molar-refractivity contribution in [2.45, 2.75) is 50.4 Å². The van der Waals surface area contributed by atoms with Crippen molar-refractivity contribution in [3.8, 4) is 5.75 Å². The monoisotopic (exact) mass is 479 g/mol. The van der Waals surface area contributed by atoms with Crippen LogP contribution in [0.3, 0.4) is 0 Å². The molecule has 10 heteroatoms. The van der Waals surface area contributed by atoms with Gasteiger partial charge in [-0.1, -0.05) is 26.0 Å². The second-order valence-electron chi connectivity index (χ2n) is 9.41. The average Bonchev–Trinajstić information content (AvgIpc) is 2.74. The molecule has 2 atom stereocenters. The van der Waals surface area contributed by atoms with Crippen molar-refractivity contribution in [1.29, 1.82) is 0 Å². The van der Waals surface area contributed by atoms with Crippen LogP contribution in [-0.4, -0.2) is 33.8 Å². The van der Waals surface area contributed by atoms with Crippen molar-refractivity contribution < 1.29 is 27.4 Å². The predicted molar refractivity (Wildman–Crippen MR) is 120 cm³/mol. The summed E-state index contributed by atoms with van der Waals surface area (Å²) in [6.45, 7) is 4.46. The van der Waals surface area contributed by atoms with Gasteiger partial charge in [0.05, 0.1) is 24.7 Å². The molecule has 0 radical (unpaired) electrons. The molecule has 0 saturated heterocycles. The van der Waals surface area contributed by atoms with Crippen LogP contribution in [0.25, 0.3) is 10.8 Å². The first-order valence-electron chi connectivity index (χ1n) is 10.6. The van der Waals surface area contributed by atoms with Crippen molar-refractivity contribution >= 4 is 16.5 Å². The Kier molecular flexibility index (Phi) is 5.43. The minimum Gasteiger partial charge on any atom is -0.493 e. The van der Waals surface area contributed by atoms with Gasteiger partial charge in [-0.05, 0) is 42.0 Å². The summed E-state index contributed by atoms with van der Waals surface area (Å²) in [6.07, 6.45) is -4.39. The highest BCUT2D eigenvalue weighted by molar-refractivity contribution is 5.92. The van der Waals surface area contributed by atoms with E-state index in [-0.39, 0.29) is 33.5 Å². The molecule has 3 aromatic rings. The number of benzene rings is 2. The van der Waals surface area contributed by atoms with Crippen LogP contribution in [0.1, 0.15) is 43.0 Å². The second-order valence-corrected chi connectivity index (χ2v) is 9.41. The standard InChI is InChI=1S/C24H25F4N3O3/c1-12-9-14-17(19(34-5)18(12)25)22(2,3)11-23(33,24(26,27)28)20(14)30-16-8-6-7-13-15(16)10-29-31(4)21(13)32/h6-10,20,30,33H,11H2,1-5H3. The van der Waals surface area contributed by atoms with Gasteiger partial charge in [0.1, 0.15) is 0 Å². The molecule has 0 aliphatic heterocycles. The van der Waals surface area contributed by atoms with Crippen LogP contribution < -0.4 is 15.6 Å². The summed E-state index contributed by atoms with van der Waals surface area (Å²) in [4.78, 5) is 12.5. The molecule has 1 aliphatic rings. The van der Waals surface area contributed by atoms with E-state index in [1.54, 1.807) is 6.07 Å². The summed E-state index contributed by atoms with van der Waals surface area (Å²) in [7, 11) is 2.72. The van der Waals surface area contributed by atoms with E-state index >= 15 is 0 Å². The van der Waals surface area contributed by atoms with Gasteiger partial charge in [-0.2, -0.15) is 18.3 Å². The number of ether oxygens (including phenoxy) is 1. The number of hydrogen-bond donors (Lipinski definition) is 2. The molecule has 0 bridgehead atoms. The van der Waals surface area contributed by atoms with E-state index in [0.29, 0.717) is 5.39 Å². The number of anilines is 1. The number of alkyl halides is 3. The summed E-state index contributed by atoms with van der Waals surface area (Å²) in [5.41, 5.74) is -4.31. The molecule has 1 heterocycles. The molecular formula is C24H25F4N3O3. The Morgan fingerprint density at radius 3 is 2.56 bits per heavy atom. The molecule has 0 fully saturated rings. The van der Waals surface area contributed by atoms with Gasteiger partial charge in [-0.15, -0.1) is 0 Å². The number of aliphatic hydroxyl groups is 1. The maximum Gasteiger partial charge on any atom is 0.419 e. The van der Waals surface area contributed by atoms with Crippen LogP contribution in [0.5, 0.6) is 5.75 Å². The van der Waals surface area contributed by atoms with Crippen molar-refractivity contribution in [2.75, 3.05) is 12.4 Å². The van der Waals surface area contributed by atoms with E-state index in [0.717, 1.165) is 4.68 Å². The Morgan fingerprint density at radius 2 is 1.94 bits per heavy atom. The first kappa shape index (κ1) is 24.0. The zero-order valence-electron chi connectivity index (χ0n) is 19.3. The maximum atomic E-state index is 14.9. The molecule has 34 heavy (non-hydrogen) atoms. The van der Waals surface area contributed by atoms with Crippen LogP contribution in [0.2, 0.25) is 0 Å². The van der Waals surface area contributed by atoms with Crippen molar-refractivity contribution in [3.63, 3.8) is 0 Å². The molecule has 2 aromatic carbocycles. The number of aryl methyl sites for hydroxylation is 2. The van der Waals surface area contributed by atoms with Crippen LogP contribution in [0.4, 0.5) is 23.2 Å². The van der Waals surface area contributed by atoms with E-state index < -0.39 is 41.0 Å². The maximum absolute atomic E-state index is 14.9. The Hall–Kier alpha value is -3.14. The van der Waals surface area contributed by atoms with E-state index in [1.807, 2.05) is 0 Å². The Morgan fingerprint density at radius 1 is 1.26 bits per heavy atom. The van der Waals surface area contributed by atoms with Gasteiger partial charge in [0.15, 0.2) is 17.2 Å². The van der Waals surface area contributed by atoms with Gasteiger partial charge >= 0.3 is 6.18 Å². The molecule has 4 rings (SSSR count). The third-order valence-electron chi connectivity index (χ3n) is 6.60. The summed E-state index contributed by atoms with van der Waals surface area (Å²) >= 11 is 0. The lowest BCUT2D eigenvalue weighted by Crippen LogP contribution is -2.58. The fourth-order valence-corrected chi connectivity index (χ4v) is 5.03. The highest BCUT2D eigenvalue weighted by atomic mass is 19.4. The SMILES string of the molecule is COc1c(F)c(C)cc2c1C(C)(C)CC(O)(C(F)(F)F)C2Nc1cccc2c(=O)n(C)ncc12. The fourth-order valence-electron chi connectivity index (χ4n) is 5.03. The first-order chi connectivity index (χ1) is 15.7. The number of halogens is 4. The van der Waals surface area contributed by atoms with Crippen molar-refractivity contribution in [3.05, 3.63) is 63.3 Å². The number of nitrogens with one attached hydrogen (secondary N) is 1. The third-order valence-corrected chi connectivity index (χ3v) is 6.60. The normalized spacial score (nSPS) is 21.9. The van der Waals surface area contributed by atoms with E-state index in [1.165, 1.54) is 59.3 Å². The number of aromatic nitrogens is 2. The molecule has 2 N–H and O–H groups in total. The predicted octanol–water partition coefficient (Wildman–Crippen LogP) is 4.52. The fraction of sp³-hybridized carbons (Fsp3) is 0.417. The smallest absolute Gasteiger partial charge is 0.419 e. The quantitative estimate of drug-likeness (QED) is 0.541. The number of hydrogen-bond acceptors (Lipinski definition) is 5. The van der Waals surface area contributed by atoms with Gasteiger partial charge in [-0.3, -0.25) is 4.79 Å². The van der Waals surface area contributed by atoms with Gasteiger partial charge in [-0.25, -0.2) is 9.07 Å². The molecule has 2 unspecified atom stereocenters. The van der Waals surface area contributed by atoms with E-state index in [9.17, 15) is 27.5 Å². The lowest BCUT2D eigenvalue weighted by atomic mass is 9.63. The van der Waals surface area contributed by atoms with E-state index in [4.69, 9.17) is 4.74 Å². The lowest BCUT2D eigenvalue weighted by molar-refractivity contribution is -0.276. The van der Waals surface area contributed by atoms with Crippen LogP contribution >= 0.6 is 0 Å². The molecule has 0 spiro atoms. The highest BCUT2D eigenvalue weighted by Crippen LogP contribution is 2.57. The Balaban J connectivity index is 2.02. The number of rotatable bonds is 3. The average molecular weight is 479 g/mol. The van der Waals surface area contributed by atoms with Gasteiger partial charge in [0, 0.05) is 23.7 Å². The molecule has 6 nitrogen and oxygen atoms in total. The van der Waals surface area contributed by atoms with Gasteiger partial charge < -0.3 is 15.2 Å². The Labute approximate surface area is 193 Å². The molecule has 0 saturated carbocycles. The van der Waals surface area contributed by atoms with Crippen LogP contribution in [-0.2, 0) is 12.5 Å². The summed E-state index contributed by atoms with van der Waals surface area (Å²) < 4.78 is 64.7. The molecular weight excluding hydrogens is 454 g/mol. The number of fused-ring (bicyclic) bond motifs is 2. The molecule has 182 valence electrons. The first-order valence-corrected chi connectivity index (χ1v) is 10.6. The number of nitrogens with zero attached hydrogens (tertiary/aromatic N) is 2. The zero-order chi connectivity index (χ0) is 25.2. The van der Waals surface area contributed by atoms with Crippen LogP contribution in [0.15, 0.2) is 35.3 Å². The van der Waals surface area contributed by atoms with Crippen molar-refractivity contribution in [2.24, 2.45) is 7.05 Å². The van der Waals surface area contributed by atoms with Crippen LogP contribution in [0, 0.1) is 12.7 Å². The minimum absolute atomic E-state index is 0.0700. The summed E-state index contributed by atoms with van der Waals surface area (Å²) in [5, 5.41) is 18.6. The Bertz CT molecular complexity index is 1350. The van der Waals surface area contributed by atoms with Crippen molar-refractivity contribution in [1.82, 2.24) is 9.78 Å². The zero-order valence-corrected chi connectivity index (χ0v) is 19.3. The molecule has 1 aliphatic carbocycles. The molecule has 1 aromatic heterocycles. The minimum atomic E-state index is -5.02. The second kappa shape index (κ2) is 7.69. The topological polar surface area (TPSA) is 76.4 Å².